The van der Waals surface area contributed by atoms with Crippen molar-refractivity contribution in [3.63, 3.8) is 0 Å². The first-order chi connectivity index (χ1) is 7.18. The standard InChI is InChI=1S/C8H7N3O2.C2H6.CH4/c1-5-7-3-2-6(11(12)13)4-8(7)10-9-5;1-2;/h2-4H,1H3,(H,9,10);1-2H3;1H4. The Hall–Kier alpha value is -1.91. The van der Waals surface area contributed by atoms with E-state index in [2.05, 4.69) is 10.2 Å². The van der Waals surface area contributed by atoms with Crippen LogP contribution in [0, 0.1) is 17.0 Å². The summed E-state index contributed by atoms with van der Waals surface area (Å²) < 4.78 is 0. The van der Waals surface area contributed by atoms with E-state index < -0.39 is 4.92 Å². The number of rotatable bonds is 1. The van der Waals surface area contributed by atoms with E-state index in [1.165, 1.54) is 12.1 Å². The fraction of sp³-hybridized carbons (Fsp3) is 0.364. The number of nitro groups is 1. The molecule has 0 atom stereocenters. The van der Waals surface area contributed by atoms with Gasteiger partial charge in [0.1, 0.15) is 0 Å². The molecule has 1 aromatic carbocycles. The molecule has 0 aliphatic heterocycles. The van der Waals surface area contributed by atoms with Gasteiger partial charge in [0, 0.05) is 23.2 Å². The van der Waals surface area contributed by atoms with Crippen LogP contribution in [0.3, 0.4) is 0 Å². The van der Waals surface area contributed by atoms with Gasteiger partial charge in [-0.1, -0.05) is 21.3 Å². The van der Waals surface area contributed by atoms with Crippen molar-refractivity contribution in [1.29, 1.82) is 0 Å². The minimum absolute atomic E-state index is 0. The summed E-state index contributed by atoms with van der Waals surface area (Å²) in [5.41, 5.74) is 1.62. The number of hydrogen-bond acceptors (Lipinski definition) is 3. The minimum Gasteiger partial charge on any atom is -0.282 e. The molecule has 5 nitrogen and oxygen atoms in total. The number of nitrogens with one attached hydrogen (secondary N) is 1. The molecule has 2 rings (SSSR count). The average molecular weight is 223 g/mol. The molecule has 0 spiro atoms. The monoisotopic (exact) mass is 223 g/mol. The predicted molar refractivity (Wildman–Crippen MR) is 65.6 cm³/mol. The molecular formula is C11H17N3O2. The topological polar surface area (TPSA) is 71.8 Å². The Bertz CT molecular complexity index is 477. The van der Waals surface area contributed by atoms with Crippen LogP contribution in [0.5, 0.6) is 0 Å². The van der Waals surface area contributed by atoms with Crippen molar-refractivity contribution in [2.45, 2.75) is 28.2 Å². The Morgan fingerprint density at radius 1 is 1.38 bits per heavy atom. The van der Waals surface area contributed by atoms with Crippen molar-refractivity contribution in [2.24, 2.45) is 0 Å². The molecule has 1 N–H and O–H groups in total. The zero-order chi connectivity index (χ0) is 11.4. The van der Waals surface area contributed by atoms with E-state index in [9.17, 15) is 10.1 Å². The highest BCUT2D eigenvalue weighted by atomic mass is 16.6. The Morgan fingerprint density at radius 3 is 2.56 bits per heavy atom. The van der Waals surface area contributed by atoms with Gasteiger partial charge in [-0.2, -0.15) is 5.10 Å². The molecule has 5 heteroatoms. The number of aromatic nitrogens is 2. The number of aromatic amines is 1. The van der Waals surface area contributed by atoms with Crippen LogP contribution < -0.4 is 0 Å². The van der Waals surface area contributed by atoms with E-state index in [0.29, 0.717) is 5.52 Å². The van der Waals surface area contributed by atoms with Crippen molar-refractivity contribution in [1.82, 2.24) is 10.2 Å². The molecule has 2 aromatic rings. The number of nitro benzene ring substituents is 1. The van der Waals surface area contributed by atoms with Gasteiger partial charge in [-0.05, 0) is 13.0 Å². The minimum atomic E-state index is -0.427. The van der Waals surface area contributed by atoms with Crippen LogP contribution in [0.2, 0.25) is 0 Å². The molecule has 1 heterocycles. The number of fused-ring (bicyclic) bond motifs is 1. The van der Waals surface area contributed by atoms with Gasteiger partial charge in [-0.15, -0.1) is 0 Å². The number of aryl methyl sites for hydroxylation is 1. The highest BCUT2D eigenvalue weighted by molar-refractivity contribution is 5.83. The van der Waals surface area contributed by atoms with E-state index in [1.54, 1.807) is 6.07 Å². The van der Waals surface area contributed by atoms with Crippen molar-refractivity contribution >= 4 is 16.6 Å². The SMILES string of the molecule is C.CC.Cc1[nH]nc2cc([N+](=O)[O-])ccc12. The van der Waals surface area contributed by atoms with Crippen molar-refractivity contribution in [3.05, 3.63) is 34.0 Å². The molecule has 0 saturated heterocycles. The quantitative estimate of drug-likeness (QED) is 0.594. The number of nitrogens with zero attached hydrogens (tertiary/aromatic N) is 2. The molecule has 0 radical (unpaired) electrons. The van der Waals surface area contributed by atoms with Crippen LogP contribution in [0.1, 0.15) is 27.0 Å². The molecule has 0 unspecified atom stereocenters. The summed E-state index contributed by atoms with van der Waals surface area (Å²) in [5, 5.41) is 18.0. The molecule has 0 amide bonds. The number of non-ortho nitro benzene ring substituents is 1. The number of hydrogen-bond donors (Lipinski definition) is 1. The molecule has 0 saturated carbocycles. The van der Waals surface area contributed by atoms with E-state index in [4.69, 9.17) is 0 Å². The second kappa shape index (κ2) is 5.85. The lowest BCUT2D eigenvalue weighted by atomic mass is 10.2. The zero-order valence-electron chi connectivity index (χ0n) is 8.94. The third-order valence-electron chi connectivity index (χ3n) is 1.94. The smallest absolute Gasteiger partial charge is 0.271 e. The largest absolute Gasteiger partial charge is 0.282 e. The maximum Gasteiger partial charge on any atom is 0.271 e. The van der Waals surface area contributed by atoms with Crippen LogP contribution in [-0.4, -0.2) is 15.1 Å². The lowest BCUT2D eigenvalue weighted by Crippen LogP contribution is -1.86. The summed E-state index contributed by atoms with van der Waals surface area (Å²) in [7, 11) is 0. The molecule has 16 heavy (non-hydrogen) atoms. The van der Waals surface area contributed by atoms with Gasteiger partial charge in [0.15, 0.2) is 0 Å². The van der Waals surface area contributed by atoms with Gasteiger partial charge in [0.05, 0.1) is 10.4 Å². The Kier molecular flexibility index (Phi) is 5.15. The van der Waals surface area contributed by atoms with E-state index in [1.807, 2.05) is 20.8 Å². The molecule has 1 aromatic heterocycles. The van der Waals surface area contributed by atoms with Crippen LogP contribution in [0.15, 0.2) is 18.2 Å². The first-order valence-electron chi connectivity index (χ1n) is 4.77. The lowest BCUT2D eigenvalue weighted by molar-refractivity contribution is -0.384. The van der Waals surface area contributed by atoms with Gasteiger partial charge in [0.25, 0.3) is 5.69 Å². The predicted octanol–water partition coefficient (Wildman–Crippen LogP) is 3.44. The normalized spacial score (nSPS) is 8.94. The Morgan fingerprint density at radius 2 is 2.00 bits per heavy atom. The first-order valence-corrected chi connectivity index (χ1v) is 4.77. The van der Waals surface area contributed by atoms with E-state index in [0.717, 1.165) is 11.1 Å². The highest BCUT2D eigenvalue weighted by Gasteiger charge is 2.08. The van der Waals surface area contributed by atoms with Crippen LogP contribution in [0.25, 0.3) is 10.9 Å². The second-order valence-electron chi connectivity index (χ2n) is 2.81. The maximum absolute atomic E-state index is 10.4. The summed E-state index contributed by atoms with van der Waals surface area (Å²) in [6.07, 6.45) is 0. The summed E-state index contributed by atoms with van der Waals surface area (Å²) in [6.45, 7) is 5.88. The van der Waals surface area contributed by atoms with Gasteiger partial charge in [0.2, 0.25) is 0 Å². The number of H-pyrrole nitrogens is 1. The van der Waals surface area contributed by atoms with E-state index >= 15 is 0 Å². The van der Waals surface area contributed by atoms with Crippen molar-refractivity contribution < 1.29 is 4.92 Å². The third kappa shape index (κ3) is 2.56. The summed E-state index contributed by atoms with van der Waals surface area (Å²) in [5.74, 6) is 0. The zero-order valence-corrected chi connectivity index (χ0v) is 8.94. The summed E-state index contributed by atoms with van der Waals surface area (Å²) >= 11 is 0. The van der Waals surface area contributed by atoms with Gasteiger partial charge in [-0.25, -0.2) is 0 Å². The third-order valence-corrected chi connectivity index (χ3v) is 1.94. The summed E-state index contributed by atoms with van der Waals surface area (Å²) in [4.78, 5) is 9.99. The van der Waals surface area contributed by atoms with Crippen LogP contribution in [0.4, 0.5) is 5.69 Å². The molecule has 0 bridgehead atoms. The van der Waals surface area contributed by atoms with Crippen molar-refractivity contribution in [3.8, 4) is 0 Å². The Labute approximate surface area is 94.6 Å². The lowest BCUT2D eigenvalue weighted by Gasteiger charge is -1.90. The molecule has 0 aliphatic carbocycles. The summed E-state index contributed by atoms with van der Waals surface area (Å²) in [6, 6.07) is 4.63. The molecule has 0 fully saturated rings. The fourth-order valence-corrected chi connectivity index (χ4v) is 1.25. The maximum atomic E-state index is 10.4. The van der Waals surface area contributed by atoms with Crippen molar-refractivity contribution in [2.75, 3.05) is 0 Å². The van der Waals surface area contributed by atoms with Gasteiger partial charge < -0.3 is 0 Å². The van der Waals surface area contributed by atoms with Crippen LogP contribution in [-0.2, 0) is 0 Å². The second-order valence-corrected chi connectivity index (χ2v) is 2.81. The highest BCUT2D eigenvalue weighted by Crippen LogP contribution is 2.20. The molecular weight excluding hydrogens is 206 g/mol. The molecule has 0 aliphatic rings. The van der Waals surface area contributed by atoms with Gasteiger partial charge >= 0.3 is 0 Å². The van der Waals surface area contributed by atoms with Crippen LogP contribution >= 0.6 is 0 Å². The number of benzene rings is 1. The van der Waals surface area contributed by atoms with E-state index in [-0.39, 0.29) is 13.1 Å². The molecule has 88 valence electrons. The average Bonchev–Trinajstić information content (AvgIpc) is 2.63. The Balaban J connectivity index is 0.000000711. The fourth-order valence-electron chi connectivity index (χ4n) is 1.25. The first kappa shape index (κ1) is 14.1. The van der Waals surface area contributed by atoms with Gasteiger partial charge in [-0.3, -0.25) is 15.2 Å².